The van der Waals surface area contributed by atoms with E-state index in [-0.39, 0.29) is 11.1 Å². The number of benzene rings is 1. The lowest BCUT2D eigenvalue weighted by Gasteiger charge is -2.17. The van der Waals surface area contributed by atoms with E-state index in [1.807, 2.05) is 6.07 Å². The molecule has 100 valence electrons. The van der Waals surface area contributed by atoms with Crippen molar-refractivity contribution in [2.45, 2.75) is 6.54 Å². The van der Waals surface area contributed by atoms with E-state index in [4.69, 9.17) is 16.9 Å². The zero-order chi connectivity index (χ0) is 14.5. The smallest absolute Gasteiger partial charge is 0.254 e. The largest absolute Gasteiger partial charge is 0.337 e. The molecule has 1 amide bonds. The maximum absolute atomic E-state index is 12.2. The highest BCUT2D eigenvalue weighted by Gasteiger charge is 2.12. The van der Waals surface area contributed by atoms with E-state index in [1.165, 1.54) is 12.3 Å². The quantitative estimate of drug-likeness (QED) is 0.815. The second kappa shape index (κ2) is 6.18. The number of halogens is 1. The predicted octanol–water partition coefficient (Wildman–Crippen LogP) is 2.88. The number of amides is 1. The summed E-state index contributed by atoms with van der Waals surface area (Å²) in [5, 5.41) is 9.15. The molecule has 0 fully saturated rings. The number of rotatable bonds is 3. The van der Waals surface area contributed by atoms with E-state index in [2.05, 4.69) is 11.1 Å². The molecule has 0 radical (unpaired) electrons. The number of hydrogen-bond donors (Lipinski definition) is 0. The van der Waals surface area contributed by atoms with Gasteiger partial charge in [0.05, 0.1) is 11.6 Å². The third kappa shape index (κ3) is 3.34. The minimum Gasteiger partial charge on any atom is -0.337 e. The Balaban J connectivity index is 2.13. The van der Waals surface area contributed by atoms with Gasteiger partial charge in [-0.25, -0.2) is 4.98 Å². The fourth-order valence-electron chi connectivity index (χ4n) is 1.84. The number of carbonyl (C=O) groups excluding carboxylic acids is 1. The molecule has 0 saturated heterocycles. The molecule has 0 saturated carbocycles. The first kappa shape index (κ1) is 14.0. The molecule has 1 aromatic heterocycles. The second-order valence-corrected chi connectivity index (χ2v) is 4.73. The molecule has 5 heteroatoms. The van der Waals surface area contributed by atoms with Crippen LogP contribution in [0, 0.1) is 11.3 Å². The molecular formula is C15H12ClN3O. The van der Waals surface area contributed by atoms with Crippen molar-refractivity contribution >= 4 is 17.5 Å². The lowest BCUT2D eigenvalue weighted by Crippen LogP contribution is -2.26. The van der Waals surface area contributed by atoms with Gasteiger partial charge in [0, 0.05) is 25.4 Å². The summed E-state index contributed by atoms with van der Waals surface area (Å²) in [4.78, 5) is 17.6. The standard InChI is InChI=1S/C15H12ClN3O/c1-19(10-12-4-2-3-11(7-12)9-17)15(20)13-5-6-18-14(16)8-13/h2-8H,10H2,1H3. The van der Waals surface area contributed by atoms with E-state index >= 15 is 0 Å². The van der Waals surface area contributed by atoms with Gasteiger partial charge in [0.25, 0.3) is 5.91 Å². The molecule has 0 aliphatic carbocycles. The topological polar surface area (TPSA) is 57.0 Å². The van der Waals surface area contributed by atoms with Crippen LogP contribution in [0.3, 0.4) is 0 Å². The highest BCUT2D eigenvalue weighted by molar-refractivity contribution is 6.29. The molecule has 4 nitrogen and oxygen atoms in total. The molecule has 0 atom stereocenters. The Morgan fingerprint density at radius 1 is 1.40 bits per heavy atom. The van der Waals surface area contributed by atoms with Gasteiger partial charge in [-0.3, -0.25) is 4.79 Å². The minimum atomic E-state index is -0.142. The Bertz CT molecular complexity index is 679. The van der Waals surface area contributed by atoms with Crippen molar-refractivity contribution in [3.05, 3.63) is 64.4 Å². The van der Waals surface area contributed by atoms with Gasteiger partial charge in [0.1, 0.15) is 5.15 Å². The van der Waals surface area contributed by atoms with Crippen molar-refractivity contribution in [3.8, 4) is 6.07 Å². The van der Waals surface area contributed by atoms with E-state index in [0.29, 0.717) is 17.7 Å². The molecule has 2 aromatic rings. The highest BCUT2D eigenvalue weighted by atomic mass is 35.5. The Labute approximate surface area is 122 Å². The highest BCUT2D eigenvalue weighted by Crippen LogP contribution is 2.12. The van der Waals surface area contributed by atoms with Crippen LogP contribution < -0.4 is 0 Å². The lowest BCUT2D eigenvalue weighted by atomic mass is 10.1. The summed E-state index contributed by atoms with van der Waals surface area (Å²) in [5.74, 6) is -0.142. The van der Waals surface area contributed by atoms with Crippen molar-refractivity contribution in [1.29, 1.82) is 5.26 Å². The van der Waals surface area contributed by atoms with Crippen LogP contribution in [-0.4, -0.2) is 22.8 Å². The molecule has 0 aliphatic heterocycles. The summed E-state index contributed by atoms with van der Waals surface area (Å²) in [6, 6.07) is 12.4. The van der Waals surface area contributed by atoms with Crippen molar-refractivity contribution in [2.24, 2.45) is 0 Å². The van der Waals surface area contributed by atoms with Crippen LogP contribution in [0.5, 0.6) is 0 Å². The summed E-state index contributed by atoms with van der Waals surface area (Å²) >= 11 is 5.78. The van der Waals surface area contributed by atoms with Gasteiger partial charge in [-0.2, -0.15) is 5.26 Å². The average molecular weight is 286 g/mol. The number of hydrogen-bond acceptors (Lipinski definition) is 3. The van der Waals surface area contributed by atoms with Crippen LogP contribution in [0.25, 0.3) is 0 Å². The summed E-state index contributed by atoms with van der Waals surface area (Å²) < 4.78 is 0. The Morgan fingerprint density at radius 2 is 2.20 bits per heavy atom. The number of aromatic nitrogens is 1. The molecule has 2 rings (SSSR count). The predicted molar refractivity (Wildman–Crippen MR) is 76.2 cm³/mol. The second-order valence-electron chi connectivity index (χ2n) is 4.34. The minimum absolute atomic E-state index is 0.142. The fraction of sp³-hybridized carbons (Fsp3) is 0.133. The monoisotopic (exact) mass is 285 g/mol. The molecule has 0 spiro atoms. The summed E-state index contributed by atoms with van der Waals surface area (Å²) in [5.41, 5.74) is 1.97. The number of nitrogens with zero attached hydrogens (tertiary/aromatic N) is 3. The van der Waals surface area contributed by atoms with Gasteiger partial charge in [-0.1, -0.05) is 23.7 Å². The van der Waals surface area contributed by atoms with Crippen LogP contribution in [0.4, 0.5) is 0 Å². The Kier molecular flexibility index (Phi) is 4.34. The first-order valence-corrected chi connectivity index (χ1v) is 6.34. The normalized spacial score (nSPS) is 9.85. The first-order valence-electron chi connectivity index (χ1n) is 5.96. The van der Waals surface area contributed by atoms with Crippen molar-refractivity contribution in [2.75, 3.05) is 7.05 Å². The van der Waals surface area contributed by atoms with E-state index in [1.54, 1.807) is 36.2 Å². The maximum Gasteiger partial charge on any atom is 0.254 e. The third-order valence-corrected chi connectivity index (χ3v) is 3.00. The maximum atomic E-state index is 12.2. The summed E-state index contributed by atoms with van der Waals surface area (Å²) in [7, 11) is 1.70. The van der Waals surface area contributed by atoms with Crippen LogP contribution in [0.15, 0.2) is 42.6 Å². The van der Waals surface area contributed by atoms with Crippen LogP contribution >= 0.6 is 11.6 Å². The van der Waals surface area contributed by atoms with Crippen molar-refractivity contribution < 1.29 is 4.79 Å². The van der Waals surface area contributed by atoms with E-state index in [0.717, 1.165) is 5.56 Å². The molecule has 20 heavy (non-hydrogen) atoms. The van der Waals surface area contributed by atoms with Crippen LogP contribution in [0.2, 0.25) is 5.15 Å². The van der Waals surface area contributed by atoms with Crippen LogP contribution in [-0.2, 0) is 6.54 Å². The van der Waals surface area contributed by atoms with Gasteiger partial charge in [-0.05, 0) is 29.8 Å². The van der Waals surface area contributed by atoms with Crippen molar-refractivity contribution in [1.82, 2.24) is 9.88 Å². The van der Waals surface area contributed by atoms with Crippen LogP contribution in [0.1, 0.15) is 21.5 Å². The summed E-state index contributed by atoms with van der Waals surface area (Å²) in [6.07, 6.45) is 1.50. The molecule has 1 aromatic carbocycles. The zero-order valence-corrected chi connectivity index (χ0v) is 11.6. The van der Waals surface area contributed by atoms with Crippen molar-refractivity contribution in [3.63, 3.8) is 0 Å². The first-order chi connectivity index (χ1) is 9.60. The average Bonchev–Trinajstić information content (AvgIpc) is 2.46. The lowest BCUT2D eigenvalue weighted by molar-refractivity contribution is 0.0785. The van der Waals surface area contributed by atoms with Gasteiger partial charge in [0.2, 0.25) is 0 Å². The number of nitriles is 1. The number of carbonyl (C=O) groups is 1. The molecule has 0 bridgehead atoms. The molecule has 0 aliphatic rings. The molecule has 0 N–H and O–H groups in total. The molecule has 1 heterocycles. The van der Waals surface area contributed by atoms with Gasteiger partial charge < -0.3 is 4.90 Å². The Morgan fingerprint density at radius 3 is 2.90 bits per heavy atom. The third-order valence-electron chi connectivity index (χ3n) is 2.80. The fourth-order valence-corrected chi connectivity index (χ4v) is 2.01. The number of pyridine rings is 1. The molecular weight excluding hydrogens is 274 g/mol. The van der Waals surface area contributed by atoms with Gasteiger partial charge >= 0.3 is 0 Å². The zero-order valence-electron chi connectivity index (χ0n) is 10.9. The van der Waals surface area contributed by atoms with E-state index in [9.17, 15) is 4.79 Å². The Hall–Kier alpha value is -2.38. The van der Waals surface area contributed by atoms with Gasteiger partial charge in [-0.15, -0.1) is 0 Å². The summed E-state index contributed by atoms with van der Waals surface area (Å²) in [6.45, 7) is 0.425. The molecule has 0 unspecified atom stereocenters. The van der Waals surface area contributed by atoms with Gasteiger partial charge in [0.15, 0.2) is 0 Å². The van der Waals surface area contributed by atoms with E-state index < -0.39 is 0 Å². The SMILES string of the molecule is CN(Cc1cccc(C#N)c1)C(=O)c1ccnc(Cl)c1.